The van der Waals surface area contributed by atoms with E-state index in [-0.39, 0.29) is 5.91 Å². The Bertz CT molecular complexity index is 619. The van der Waals surface area contributed by atoms with Gasteiger partial charge in [-0.15, -0.1) is 0 Å². The minimum Gasteiger partial charge on any atom is -0.376 e. The Labute approximate surface area is 144 Å². The molecule has 126 valence electrons. The number of hydrogen-bond donors (Lipinski definition) is 0. The molecule has 3 rings (SSSR count). The minimum absolute atomic E-state index is 0.241. The third-order valence-electron chi connectivity index (χ3n) is 4.63. The average Bonchev–Trinajstić information content (AvgIpc) is 2.64. The molecule has 0 N–H and O–H groups in total. The summed E-state index contributed by atoms with van der Waals surface area (Å²) in [5.74, 6) is 0.805. The van der Waals surface area contributed by atoms with Gasteiger partial charge in [-0.05, 0) is 29.9 Å². The Balaban J connectivity index is 1.37. The van der Waals surface area contributed by atoms with Crippen molar-refractivity contribution in [3.8, 4) is 0 Å². The number of piperidine rings is 1. The molecule has 1 aliphatic rings. The molecule has 0 bridgehead atoms. The van der Waals surface area contributed by atoms with Gasteiger partial charge in [-0.1, -0.05) is 60.7 Å². The van der Waals surface area contributed by atoms with Gasteiger partial charge in [0.15, 0.2) is 0 Å². The maximum atomic E-state index is 12.4. The van der Waals surface area contributed by atoms with E-state index in [4.69, 9.17) is 4.74 Å². The second-order valence-corrected chi connectivity index (χ2v) is 6.49. The summed E-state index contributed by atoms with van der Waals surface area (Å²) in [6.07, 6.45) is 2.58. The smallest absolute Gasteiger partial charge is 0.226 e. The van der Waals surface area contributed by atoms with Gasteiger partial charge in [-0.3, -0.25) is 4.79 Å². The normalized spacial score (nSPS) is 15.4. The molecule has 0 unspecified atom stereocenters. The van der Waals surface area contributed by atoms with Crippen LogP contribution in [-0.4, -0.2) is 30.5 Å². The first-order chi connectivity index (χ1) is 11.8. The molecule has 0 saturated carbocycles. The summed E-state index contributed by atoms with van der Waals surface area (Å²) in [5.41, 5.74) is 2.31. The molecule has 24 heavy (non-hydrogen) atoms. The van der Waals surface area contributed by atoms with E-state index in [1.165, 1.54) is 5.56 Å². The van der Waals surface area contributed by atoms with E-state index in [0.29, 0.717) is 18.9 Å². The number of likely N-dealkylation sites (tertiary alicyclic amines) is 1. The van der Waals surface area contributed by atoms with E-state index >= 15 is 0 Å². The molecule has 0 aliphatic carbocycles. The van der Waals surface area contributed by atoms with Crippen LogP contribution in [-0.2, 0) is 22.6 Å². The molecule has 2 aromatic rings. The van der Waals surface area contributed by atoms with Crippen molar-refractivity contribution in [2.24, 2.45) is 5.92 Å². The van der Waals surface area contributed by atoms with Crippen LogP contribution in [0, 0.1) is 5.92 Å². The van der Waals surface area contributed by atoms with Crippen molar-refractivity contribution >= 4 is 5.91 Å². The zero-order valence-corrected chi connectivity index (χ0v) is 14.1. The lowest BCUT2D eigenvalue weighted by molar-refractivity contribution is -0.132. The Morgan fingerprint density at radius 3 is 2.12 bits per heavy atom. The summed E-state index contributed by atoms with van der Waals surface area (Å²) in [4.78, 5) is 14.4. The fourth-order valence-electron chi connectivity index (χ4n) is 3.15. The first-order valence-electron chi connectivity index (χ1n) is 8.74. The van der Waals surface area contributed by atoms with E-state index in [2.05, 4.69) is 12.1 Å². The van der Waals surface area contributed by atoms with Crippen LogP contribution in [0.15, 0.2) is 60.7 Å². The molecular weight excluding hydrogens is 298 g/mol. The number of amides is 1. The first kappa shape index (κ1) is 16.7. The molecule has 1 heterocycles. The van der Waals surface area contributed by atoms with Gasteiger partial charge in [-0.25, -0.2) is 0 Å². The molecule has 0 spiro atoms. The molecule has 1 amide bonds. The Hall–Kier alpha value is -2.13. The first-order valence-corrected chi connectivity index (χ1v) is 8.74. The molecule has 0 atom stereocenters. The molecule has 2 aromatic carbocycles. The third-order valence-corrected chi connectivity index (χ3v) is 4.63. The molecule has 3 heteroatoms. The molecular formula is C21H25NO2. The summed E-state index contributed by atoms with van der Waals surface area (Å²) in [5, 5.41) is 0. The van der Waals surface area contributed by atoms with Gasteiger partial charge in [-0.2, -0.15) is 0 Å². The van der Waals surface area contributed by atoms with Gasteiger partial charge in [0.1, 0.15) is 0 Å². The Morgan fingerprint density at radius 1 is 0.917 bits per heavy atom. The zero-order valence-electron chi connectivity index (χ0n) is 14.1. The summed E-state index contributed by atoms with van der Waals surface area (Å²) < 4.78 is 5.85. The lowest BCUT2D eigenvalue weighted by atomic mass is 9.97. The SMILES string of the molecule is O=C(Cc1ccccc1)N1CCC(COCc2ccccc2)CC1. The van der Waals surface area contributed by atoms with E-state index < -0.39 is 0 Å². The summed E-state index contributed by atoms with van der Waals surface area (Å²) in [6, 6.07) is 20.3. The van der Waals surface area contributed by atoms with Gasteiger partial charge in [0.25, 0.3) is 0 Å². The van der Waals surface area contributed by atoms with Crippen LogP contribution in [0.25, 0.3) is 0 Å². The highest BCUT2D eigenvalue weighted by Gasteiger charge is 2.22. The van der Waals surface area contributed by atoms with E-state index in [9.17, 15) is 4.79 Å². The number of carbonyl (C=O) groups excluding carboxylic acids is 1. The van der Waals surface area contributed by atoms with Gasteiger partial charge < -0.3 is 9.64 Å². The molecule has 1 aliphatic heterocycles. The van der Waals surface area contributed by atoms with Crippen molar-refractivity contribution in [3.05, 3.63) is 71.8 Å². The summed E-state index contributed by atoms with van der Waals surface area (Å²) in [7, 11) is 0. The highest BCUT2D eigenvalue weighted by atomic mass is 16.5. The minimum atomic E-state index is 0.241. The standard InChI is InChI=1S/C21H25NO2/c23-21(15-18-7-3-1-4-8-18)22-13-11-20(12-14-22)17-24-16-19-9-5-2-6-10-19/h1-10,20H,11-17H2. The second kappa shape index (κ2) is 8.65. The lowest BCUT2D eigenvalue weighted by Gasteiger charge is -2.32. The van der Waals surface area contributed by atoms with Crippen molar-refractivity contribution in [2.75, 3.05) is 19.7 Å². The summed E-state index contributed by atoms with van der Waals surface area (Å²) >= 11 is 0. The van der Waals surface area contributed by atoms with Crippen molar-refractivity contribution < 1.29 is 9.53 Å². The average molecular weight is 323 g/mol. The number of carbonyl (C=O) groups is 1. The largest absolute Gasteiger partial charge is 0.376 e. The van der Waals surface area contributed by atoms with Crippen LogP contribution in [0.3, 0.4) is 0 Å². The monoisotopic (exact) mass is 323 g/mol. The molecule has 0 aromatic heterocycles. The number of nitrogens with zero attached hydrogens (tertiary/aromatic N) is 1. The topological polar surface area (TPSA) is 29.5 Å². The Kier molecular flexibility index (Phi) is 6.02. The van der Waals surface area contributed by atoms with Gasteiger partial charge in [0.05, 0.1) is 13.0 Å². The van der Waals surface area contributed by atoms with Crippen LogP contribution < -0.4 is 0 Å². The van der Waals surface area contributed by atoms with E-state index in [0.717, 1.165) is 38.1 Å². The van der Waals surface area contributed by atoms with Crippen molar-refractivity contribution in [3.63, 3.8) is 0 Å². The number of hydrogen-bond acceptors (Lipinski definition) is 2. The van der Waals surface area contributed by atoms with Crippen LogP contribution in [0.5, 0.6) is 0 Å². The van der Waals surface area contributed by atoms with Crippen LogP contribution in [0.2, 0.25) is 0 Å². The maximum Gasteiger partial charge on any atom is 0.226 e. The highest BCUT2D eigenvalue weighted by Crippen LogP contribution is 2.19. The van der Waals surface area contributed by atoms with Crippen molar-refractivity contribution in [2.45, 2.75) is 25.9 Å². The van der Waals surface area contributed by atoms with Crippen LogP contribution in [0.4, 0.5) is 0 Å². The predicted octanol–water partition coefficient (Wildman–Crippen LogP) is 3.68. The van der Waals surface area contributed by atoms with Crippen molar-refractivity contribution in [1.29, 1.82) is 0 Å². The van der Waals surface area contributed by atoms with Gasteiger partial charge >= 0.3 is 0 Å². The highest BCUT2D eigenvalue weighted by molar-refractivity contribution is 5.78. The zero-order chi connectivity index (χ0) is 16.6. The number of ether oxygens (including phenoxy) is 1. The van der Waals surface area contributed by atoms with Gasteiger partial charge in [0, 0.05) is 19.7 Å². The number of benzene rings is 2. The second-order valence-electron chi connectivity index (χ2n) is 6.49. The predicted molar refractivity (Wildman–Crippen MR) is 95.5 cm³/mol. The fourth-order valence-corrected chi connectivity index (χ4v) is 3.15. The summed E-state index contributed by atoms with van der Waals surface area (Å²) in [6.45, 7) is 3.17. The molecule has 0 radical (unpaired) electrons. The lowest BCUT2D eigenvalue weighted by Crippen LogP contribution is -2.40. The van der Waals surface area contributed by atoms with E-state index in [1.807, 2.05) is 53.4 Å². The Morgan fingerprint density at radius 2 is 1.50 bits per heavy atom. The van der Waals surface area contributed by atoms with Crippen LogP contribution in [0.1, 0.15) is 24.0 Å². The van der Waals surface area contributed by atoms with Gasteiger partial charge in [0.2, 0.25) is 5.91 Å². The fraction of sp³-hybridized carbons (Fsp3) is 0.381. The molecule has 3 nitrogen and oxygen atoms in total. The molecule has 1 saturated heterocycles. The quantitative estimate of drug-likeness (QED) is 0.811. The van der Waals surface area contributed by atoms with Crippen molar-refractivity contribution in [1.82, 2.24) is 4.90 Å². The third kappa shape index (κ3) is 4.93. The molecule has 1 fully saturated rings. The maximum absolute atomic E-state index is 12.4. The number of rotatable bonds is 6. The van der Waals surface area contributed by atoms with Crippen LogP contribution >= 0.6 is 0 Å². The van der Waals surface area contributed by atoms with E-state index in [1.54, 1.807) is 0 Å².